The van der Waals surface area contributed by atoms with Gasteiger partial charge in [-0.2, -0.15) is 0 Å². The molecular weight excluding hydrogens is 334 g/mol. The van der Waals surface area contributed by atoms with Crippen LogP contribution in [0.15, 0.2) is 48.5 Å². The standard InChI is InChI=1S/C20H21NO5/c1-25-15-10-14(11-16(12-15)26-2)19(22)21-17(8-9-18(21)20(23)24)13-6-4-3-5-7-13/h3-7,10-12,17-18H,8-9H2,1-2H3,(H,23,24). The third-order valence-corrected chi connectivity index (χ3v) is 4.69. The SMILES string of the molecule is COc1cc(OC)cc(C(=O)N2C(C(=O)O)CCC2c2ccccc2)c1. The summed E-state index contributed by atoms with van der Waals surface area (Å²) in [5.41, 5.74) is 1.27. The Bertz CT molecular complexity index is 783. The summed E-state index contributed by atoms with van der Waals surface area (Å²) in [7, 11) is 3.01. The number of likely N-dealkylation sites (tertiary alicyclic amines) is 1. The summed E-state index contributed by atoms with van der Waals surface area (Å²) in [6.07, 6.45) is 1.02. The highest BCUT2D eigenvalue weighted by atomic mass is 16.5. The Morgan fingerprint density at radius 1 is 1.00 bits per heavy atom. The lowest BCUT2D eigenvalue weighted by molar-refractivity contribution is -0.141. The molecule has 1 aliphatic heterocycles. The average Bonchev–Trinajstić information content (AvgIpc) is 3.13. The zero-order valence-corrected chi connectivity index (χ0v) is 14.7. The topological polar surface area (TPSA) is 76.1 Å². The van der Waals surface area contributed by atoms with Crippen LogP contribution < -0.4 is 9.47 Å². The van der Waals surface area contributed by atoms with Crippen LogP contribution in [0.4, 0.5) is 0 Å². The van der Waals surface area contributed by atoms with Gasteiger partial charge in [0.05, 0.1) is 20.3 Å². The van der Waals surface area contributed by atoms with Gasteiger partial charge in [-0.25, -0.2) is 4.79 Å². The number of aliphatic carboxylic acids is 1. The molecule has 0 spiro atoms. The molecule has 0 aliphatic carbocycles. The predicted octanol–water partition coefficient (Wildman–Crippen LogP) is 3.13. The lowest BCUT2D eigenvalue weighted by Crippen LogP contribution is -2.41. The van der Waals surface area contributed by atoms with Gasteiger partial charge in [0, 0.05) is 11.6 Å². The van der Waals surface area contributed by atoms with E-state index in [1.54, 1.807) is 18.2 Å². The van der Waals surface area contributed by atoms with E-state index in [2.05, 4.69) is 0 Å². The van der Waals surface area contributed by atoms with Crippen LogP contribution >= 0.6 is 0 Å². The molecule has 0 radical (unpaired) electrons. The van der Waals surface area contributed by atoms with E-state index in [0.717, 1.165) is 5.56 Å². The number of hydrogen-bond donors (Lipinski definition) is 1. The number of benzene rings is 2. The van der Waals surface area contributed by atoms with Gasteiger partial charge in [-0.1, -0.05) is 30.3 Å². The molecule has 0 aromatic heterocycles. The van der Waals surface area contributed by atoms with Gasteiger partial charge < -0.3 is 19.5 Å². The molecule has 136 valence electrons. The maximum absolute atomic E-state index is 13.2. The van der Waals surface area contributed by atoms with Crippen LogP contribution in [0.2, 0.25) is 0 Å². The minimum atomic E-state index is -0.994. The predicted molar refractivity (Wildman–Crippen MR) is 95.6 cm³/mol. The first kappa shape index (κ1) is 17.8. The number of carbonyl (C=O) groups is 2. The molecule has 6 nitrogen and oxygen atoms in total. The Morgan fingerprint density at radius 2 is 1.62 bits per heavy atom. The molecule has 1 saturated heterocycles. The molecule has 0 saturated carbocycles. The maximum atomic E-state index is 13.2. The van der Waals surface area contributed by atoms with E-state index in [1.807, 2.05) is 30.3 Å². The van der Waals surface area contributed by atoms with Gasteiger partial charge in [-0.15, -0.1) is 0 Å². The molecule has 6 heteroatoms. The molecule has 2 aromatic rings. The number of rotatable bonds is 5. The molecule has 1 heterocycles. The first-order valence-electron chi connectivity index (χ1n) is 8.38. The van der Waals surface area contributed by atoms with Crippen molar-refractivity contribution in [1.29, 1.82) is 0 Å². The molecule has 2 atom stereocenters. The van der Waals surface area contributed by atoms with Crippen molar-refractivity contribution in [3.05, 3.63) is 59.7 Å². The van der Waals surface area contributed by atoms with E-state index in [1.165, 1.54) is 19.1 Å². The third-order valence-electron chi connectivity index (χ3n) is 4.69. The number of methoxy groups -OCH3 is 2. The Hall–Kier alpha value is -3.02. The quantitative estimate of drug-likeness (QED) is 0.892. The number of carboxylic acids is 1. The number of ether oxygens (including phenoxy) is 2. The van der Waals surface area contributed by atoms with E-state index in [4.69, 9.17) is 9.47 Å². The smallest absolute Gasteiger partial charge is 0.326 e. The van der Waals surface area contributed by atoms with Crippen molar-refractivity contribution in [3.63, 3.8) is 0 Å². The molecule has 2 unspecified atom stereocenters. The molecule has 1 fully saturated rings. The van der Waals surface area contributed by atoms with Gasteiger partial charge in [0.2, 0.25) is 0 Å². The van der Waals surface area contributed by atoms with Crippen LogP contribution in [0.5, 0.6) is 11.5 Å². The minimum absolute atomic E-state index is 0.276. The van der Waals surface area contributed by atoms with Gasteiger partial charge >= 0.3 is 5.97 Å². The summed E-state index contributed by atoms with van der Waals surface area (Å²) < 4.78 is 10.5. The first-order chi connectivity index (χ1) is 12.5. The Labute approximate surface area is 152 Å². The van der Waals surface area contributed by atoms with Crippen molar-refractivity contribution < 1.29 is 24.2 Å². The van der Waals surface area contributed by atoms with Crippen molar-refractivity contribution in [2.45, 2.75) is 24.9 Å². The Balaban J connectivity index is 2.02. The van der Waals surface area contributed by atoms with Gasteiger partial charge in [0.25, 0.3) is 5.91 Å². The van der Waals surface area contributed by atoms with E-state index in [-0.39, 0.29) is 11.9 Å². The second-order valence-corrected chi connectivity index (χ2v) is 6.17. The highest BCUT2D eigenvalue weighted by molar-refractivity contribution is 5.98. The largest absolute Gasteiger partial charge is 0.497 e. The normalized spacial score (nSPS) is 19.2. The van der Waals surface area contributed by atoms with Crippen molar-refractivity contribution in [2.24, 2.45) is 0 Å². The minimum Gasteiger partial charge on any atom is -0.497 e. The van der Waals surface area contributed by atoms with Gasteiger partial charge in [0.15, 0.2) is 0 Å². The average molecular weight is 355 g/mol. The second kappa shape index (κ2) is 7.47. The van der Waals surface area contributed by atoms with Crippen molar-refractivity contribution >= 4 is 11.9 Å². The van der Waals surface area contributed by atoms with Crippen LogP contribution in [0.25, 0.3) is 0 Å². The fourth-order valence-corrected chi connectivity index (χ4v) is 3.42. The maximum Gasteiger partial charge on any atom is 0.326 e. The van der Waals surface area contributed by atoms with Crippen LogP contribution in [-0.4, -0.2) is 42.1 Å². The molecule has 2 aromatic carbocycles. The summed E-state index contributed by atoms with van der Waals surface area (Å²) in [6.45, 7) is 0. The summed E-state index contributed by atoms with van der Waals surface area (Å²) in [5, 5.41) is 9.60. The highest BCUT2D eigenvalue weighted by Gasteiger charge is 2.42. The summed E-state index contributed by atoms with van der Waals surface area (Å²) in [5.74, 6) is -0.377. The molecule has 1 aliphatic rings. The third kappa shape index (κ3) is 3.35. The van der Waals surface area contributed by atoms with Crippen molar-refractivity contribution in [2.75, 3.05) is 14.2 Å². The lowest BCUT2D eigenvalue weighted by Gasteiger charge is -2.29. The molecule has 26 heavy (non-hydrogen) atoms. The van der Waals surface area contributed by atoms with Crippen LogP contribution in [0.3, 0.4) is 0 Å². The fourth-order valence-electron chi connectivity index (χ4n) is 3.42. The fraction of sp³-hybridized carbons (Fsp3) is 0.300. The molecule has 3 rings (SSSR count). The molecular formula is C20H21NO5. The zero-order valence-electron chi connectivity index (χ0n) is 14.7. The Morgan fingerprint density at radius 3 is 2.15 bits per heavy atom. The van der Waals surface area contributed by atoms with Crippen LogP contribution in [-0.2, 0) is 4.79 Å². The second-order valence-electron chi connectivity index (χ2n) is 6.17. The van der Waals surface area contributed by atoms with Gasteiger partial charge in [-0.05, 0) is 30.5 Å². The van der Waals surface area contributed by atoms with E-state index in [0.29, 0.717) is 29.9 Å². The van der Waals surface area contributed by atoms with E-state index >= 15 is 0 Å². The molecule has 1 N–H and O–H groups in total. The summed E-state index contributed by atoms with van der Waals surface area (Å²) in [4.78, 5) is 26.4. The van der Waals surface area contributed by atoms with Crippen LogP contribution in [0, 0.1) is 0 Å². The summed E-state index contributed by atoms with van der Waals surface area (Å²) in [6, 6.07) is 13.3. The van der Waals surface area contributed by atoms with Crippen LogP contribution in [0.1, 0.15) is 34.8 Å². The van der Waals surface area contributed by atoms with Crippen molar-refractivity contribution in [3.8, 4) is 11.5 Å². The zero-order chi connectivity index (χ0) is 18.7. The monoisotopic (exact) mass is 355 g/mol. The number of nitrogens with zero attached hydrogens (tertiary/aromatic N) is 1. The highest BCUT2D eigenvalue weighted by Crippen LogP contribution is 2.38. The number of hydrogen-bond acceptors (Lipinski definition) is 4. The van der Waals surface area contributed by atoms with E-state index in [9.17, 15) is 14.7 Å². The molecule has 1 amide bonds. The van der Waals surface area contributed by atoms with Crippen molar-refractivity contribution in [1.82, 2.24) is 4.90 Å². The van der Waals surface area contributed by atoms with Gasteiger partial charge in [-0.3, -0.25) is 4.79 Å². The number of amides is 1. The first-order valence-corrected chi connectivity index (χ1v) is 8.38. The molecule has 0 bridgehead atoms. The summed E-state index contributed by atoms with van der Waals surface area (Å²) >= 11 is 0. The lowest BCUT2D eigenvalue weighted by atomic mass is 10.0. The number of carbonyl (C=O) groups excluding carboxylic acids is 1. The number of carboxylic acid groups (broad SMARTS) is 1. The van der Waals surface area contributed by atoms with Gasteiger partial charge in [0.1, 0.15) is 17.5 Å². The Kier molecular flexibility index (Phi) is 5.11. The van der Waals surface area contributed by atoms with E-state index < -0.39 is 12.0 Å².